The van der Waals surface area contributed by atoms with Crippen molar-refractivity contribution in [1.82, 2.24) is 9.88 Å². The SMILES string of the molecule is NCCC1COC(=O)N1Cc1ccccn1. The van der Waals surface area contributed by atoms with Crippen molar-refractivity contribution in [3.63, 3.8) is 0 Å². The van der Waals surface area contributed by atoms with Gasteiger partial charge in [-0.25, -0.2) is 4.79 Å². The summed E-state index contributed by atoms with van der Waals surface area (Å²) in [6, 6.07) is 5.73. The lowest BCUT2D eigenvalue weighted by Crippen LogP contribution is -2.34. The summed E-state index contributed by atoms with van der Waals surface area (Å²) in [5.74, 6) is 0. The van der Waals surface area contributed by atoms with Crippen molar-refractivity contribution in [1.29, 1.82) is 0 Å². The number of carbonyl (C=O) groups is 1. The van der Waals surface area contributed by atoms with Crippen LogP contribution in [0.5, 0.6) is 0 Å². The van der Waals surface area contributed by atoms with Gasteiger partial charge in [-0.2, -0.15) is 0 Å². The summed E-state index contributed by atoms with van der Waals surface area (Å²) in [4.78, 5) is 17.4. The third kappa shape index (κ3) is 2.30. The number of nitrogens with two attached hydrogens (primary N) is 1. The molecule has 0 saturated carbocycles. The van der Waals surface area contributed by atoms with E-state index < -0.39 is 0 Å². The Hall–Kier alpha value is -1.62. The second-order valence-electron chi connectivity index (χ2n) is 3.76. The monoisotopic (exact) mass is 221 g/mol. The zero-order valence-corrected chi connectivity index (χ0v) is 9.00. The summed E-state index contributed by atoms with van der Waals surface area (Å²) in [6.45, 7) is 1.48. The van der Waals surface area contributed by atoms with Crippen LogP contribution in [-0.4, -0.2) is 35.2 Å². The molecule has 1 unspecified atom stereocenters. The van der Waals surface area contributed by atoms with E-state index in [1.54, 1.807) is 11.1 Å². The molecule has 5 nitrogen and oxygen atoms in total. The number of hydrogen-bond donors (Lipinski definition) is 1. The molecule has 0 aromatic carbocycles. The van der Waals surface area contributed by atoms with Gasteiger partial charge in [0.25, 0.3) is 0 Å². The van der Waals surface area contributed by atoms with Crippen LogP contribution in [0.3, 0.4) is 0 Å². The molecule has 5 heteroatoms. The lowest BCUT2D eigenvalue weighted by atomic mass is 10.2. The lowest BCUT2D eigenvalue weighted by Gasteiger charge is -2.20. The summed E-state index contributed by atoms with van der Waals surface area (Å²) in [6.07, 6.45) is 2.21. The molecule has 86 valence electrons. The van der Waals surface area contributed by atoms with Gasteiger partial charge >= 0.3 is 6.09 Å². The first-order chi connectivity index (χ1) is 7.81. The molecule has 1 aromatic rings. The van der Waals surface area contributed by atoms with Crippen LogP contribution in [0.4, 0.5) is 4.79 Å². The molecular formula is C11H15N3O2. The predicted molar refractivity (Wildman–Crippen MR) is 58.6 cm³/mol. The summed E-state index contributed by atoms with van der Waals surface area (Å²) in [5.41, 5.74) is 6.36. The van der Waals surface area contributed by atoms with Crippen LogP contribution in [0, 0.1) is 0 Å². The van der Waals surface area contributed by atoms with Gasteiger partial charge in [-0.3, -0.25) is 9.88 Å². The van der Waals surface area contributed by atoms with Crippen LogP contribution >= 0.6 is 0 Å². The summed E-state index contributed by atoms with van der Waals surface area (Å²) < 4.78 is 5.01. The molecule has 16 heavy (non-hydrogen) atoms. The van der Waals surface area contributed by atoms with Crippen molar-refractivity contribution in [2.24, 2.45) is 5.73 Å². The second kappa shape index (κ2) is 4.94. The largest absolute Gasteiger partial charge is 0.447 e. The minimum absolute atomic E-state index is 0.0829. The smallest absolute Gasteiger partial charge is 0.410 e. The number of ether oxygens (including phenoxy) is 1. The number of amides is 1. The molecule has 0 spiro atoms. The number of cyclic esters (lactones) is 1. The summed E-state index contributed by atoms with van der Waals surface area (Å²) in [7, 11) is 0. The molecule has 1 saturated heterocycles. The number of rotatable bonds is 4. The summed E-state index contributed by atoms with van der Waals surface area (Å²) in [5, 5.41) is 0. The fourth-order valence-electron chi connectivity index (χ4n) is 1.78. The molecule has 1 atom stereocenters. The first-order valence-corrected chi connectivity index (χ1v) is 5.34. The van der Waals surface area contributed by atoms with Crippen LogP contribution in [-0.2, 0) is 11.3 Å². The highest BCUT2D eigenvalue weighted by molar-refractivity contribution is 5.70. The first kappa shape index (κ1) is 10.9. The lowest BCUT2D eigenvalue weighted by molar-refractivity contribution is 0.155. The number of aromatic nitrogens is 1. The van der Waals surface area contributed by atoms with E-state index in [9.17, 15) is 4.79 Å². The second-order valence-corrected chi connectivity index (χ2v) is 3.76. The predicted octanol–water partition coefficient (Wildman–Crippen LogP) is 0.751. The Kier molecular flexibility index (Phi) is 3.36. The van der Waals surface area contributed by atoms with Crippen molar-refractivity contribution >= 4 is 6.09 Å². The van der Waals surface area contributed by atoms with Gasteiger partial charge in [0.15, 0.2) is 0 Å². The molecule has 0 aliphatic carbocycles. The number of carbonyl (C=O) groups excluding carboxylic acids is 1. The van der Waals surface area contributed by atoms with Gasteiger partial charge < -0.3 is 10.5 Å². The van der Waals surface area contributed by atoms with E-state index in [1.807, 2.05) is 18.2 Å². The normalized spacial score (nSPS) is 19.9. The van der Waals surface area contributed by atoms with Crippen LogP contribution < -0.4 is 5.73 Å². The van der Waals surface area contributed by atoms with E-state index in [1.165, 1.54) is 0 Å². The van der Waals surface area contributed by atoms with E-state index in [0.717, 1.165) is 12.1 Å². The van der Waals surface area contributed by atoms with Crippen LogP contribution in [0.2, 0.25) is 0 Å². The molecule has 1 aromatic heterocycles. The Labute approximate surface area is 94.2 Å². The van der Waals surface area contributed by atoms with Gasteiger partial charge in [-0.1, -0.05) is 6.07 Å². The molecule has 1 fully saturated rings. The van der Waals surface area contributed by atoms with E-state index in [0.29, 0.717) is 19.7 Å². The Morgan fingerprint density at radius 3 is 3.12 bits per heavy atom. The minimum Gasteiger partial charge on any atom is -0.447 e. The average molecular weight is 221 g/mol. The van der Waals surface area contributed by atoms with E-state index in [2.05, 4.69) is 4.98 Å². The topological polar surface area (TPSA) is 68.5 Å². The number of pyridine rings is 1. The standard InChI is InChI=1S/C11H15N3O2/c12-5-4-10-8-16-11(15)14(10)7-9-3-1-2-6-13-9/h1-3,6,10H,4-5,7-8,12H2. The van der Waals surface area contributed by atoms with Gasteiger partial charge in [0, 0.05) is 6.20 Å². The van der Waals surface area contributed by atoms with E-state index in [4.69, 9.17) is 10.5 Å². The Morgan fingerprint density at radius 2 is 2.44 bits per heavy atom. The molecular weight excluding hydrogens is 206 g/mol. The maximum atomic E-state index is 11.5. The zero-order valence-electron chi connectivity index (χ0n) is 9.00. The molecule has 1 aliphatic rings. The molecule has 0 bridgehead atoms. The fraction of sp³-hybridized carbons (Fsp3) is 0.455. The third-order valence-corrected chi connectivity index (χ3v) is 2.63. The fourth-order valence-corrected chi connectivity index (χ4v) is 1.78. The van der Waals surface area contributed by atoms with Crippen molar-refractivity contribution in [2.45, 2.75) is 19.0 Å². The maximum absolute atomic E-state index is 11.5. The first-order valence-electron chi connectivity index (χ1n) is 5.34. The molecule has 2 rings (SSSR count). The number of nitrogens with zero attached hydrogens (tertiary/aromatic N) is 2. The average Bonchev–Trinajstić information content (AvgIpc) is 2.64. The van der Waals surface area contributed by atoms with Crippen molar-refractivity contribution in [3.05, 3.63) is 30.1 Å². The molecule has 0 radical (unpaired) electrons. The highest BCUT2D eigenvalue weighted by Crippen LogP contribution is 2.17. The van der Waals surface area contributed by atoms with Crippen molar-refractivity contribution in [2.75, 3.05) is 13.2 Å². The highest BCUT2D eigenvalue weighted by atomic mass is 16.6. The van der Waals surface area contributed by atoms with Crippen LogP contribution in [0.25, 0.3) is 0 Å². The highest BCUT2D eigenvalue weighted by Gasteiger charge is 2.32. The minimum atomic E-state index is -0.274. The molecule has 2 N–H and O–H groups in total. The van der Waals surface area contributed by atoms with Gasteiger partial charge in [0.2, 0.25) is 0 Å². The Balaban J connectivity index is 2.04. The molecule has 2 heterocycles. The van der Waals surface area contributed by atoms with E-state index in [-0.39, 0.29) is 12.1 Å². The molecule has 1 amide bonds. The van der Waals surface area contributed by atoms with Crippen LogP contribution in [0.1, 0.15) is 12.1 Å². The van der Waals surface area contributed by atoms with Gasteiger partial charge in [-0.15, -0.1) is 0 Å². The third-order valence-electron chi connectivity index (χ3n) is 2.63. The van der Waals surface area contributed by atoms with E-state index >= 15 is 0 Å². The van der Waals surface area contributed by atoms with Gasteiger partial charge in [-0.05, 0) is 25.1 Å². The Bertz CT molecular complexity index is 356. The van der Waals surface area contributed by atoms with Gasteiger partial charge in [0.1, 0.15) is 6.61 Å². The van der Waals surface area contributed by atoms with Gasteiger partial charge in [0.05, 0.1) is 18.3 Å². The quantitative estimate of drug-likeness (QED) is 0.814. The summed E-state index contributed by atoms with van der Waals surface area (Å²) >= 11 is 0. The van der Waals surface area contributed by atoms with Crippen molar-refractivity contribution in [3.8, 4) is 0 Å². The number of hydrogen-bond acceptors (Lipinski definition) is 4. The van der Waals surface area contributed by atoms with Crippen LogP contribution in [0.15, 0.2) is 24.4 Å². The zero-order chi connectivity index (χ0) is 11.4. The van der Waals surface area contributed by atoms with Crippen molar-refractivity contribution < 1.29 is 9.53 Å². The molecule has 1 aliphatic heterocycles. The maximum Gasteiger partial charge on any atom is 0.410 e. The Morgan fingerprint density at radius 1 is 1.56 bits per heavy atom.